The van der Waals surface area contributed by atoms with Crippen molar-refractivity contribution in [3.63, 3.8) is 0 Å². The molecular formula is C25H27N5O2. The summed E-state index contributed by atoms with van der Waals surface area (Å²) in [5.74, 6) is -0.109. The van der Waals surface area contributed by atoms with Gasteiger partial charge in [0.15, 0.2) is 0 Å². The first kappa shape index (κ1) is 22.9. The van der Waals surface area contributed by atoms with E-state index in [9.17, 15) is 9.90 Å². The van der Waals surface area contributed by atoms with Crippen LogP contribution < -0.4 is 5.43 Å². The largest absolute Gasteiger partial charge is 0.507 e. The molecule has 1 amide bonds. The van der Waals surface area contributed by atoms with E-state index >= 15 is 0 Å². The normalized spacial score (nSPS) is 11.3. The third-order valence-electron chi connectivity index (χ3n) is 5.14. The lowest BCUT2D eigenvalue weighted by molar-refractivity contribution is -0.121. The van der Waals surface area contributed by atoms with Gasteiger partial charge in [-0.15, -0.1) is 0 Å². The van der Waals surface area contributed by atoms with Gasteiger partial charge in [0.05, 0.1) is 24.4 Å². The molecule has 0 saturated heterocycles. The summed E-state index contributed by atoms with van der Waals surface area (Å²) in [7, 11) is 3.91. The third kappa shape index (κ3) is 6.38. The maximum Gasteiger partial charge on any atom is 0.254 e. The van der Waals surface area contributed by atoms with Crippen LogP contribution in [0.25, 0.3) is 10.8 Å². The van der Waals surface area contributed by atoms with Gasteiger partial charge in [0.25, 0.3) is 5.91 Å². The predicted octanol–water partition coefficient (Wildman–Crippen LogP) is 2.93. The summed E-state index contributed by atoms with van der Waals surface area (Å²) in [6.07, 6.45) is 1.47. The molecule has 32 heavy (non-hydrogen) atoms. The molecule has 3 aromatic carbocycles. The fourth-order valence-corrected chi connectivity index (χ4v) is 3.36. The van der Waals surface area contributed by atoms with Crippen LogP contribution in [0.15, 0.2) is 65.8 Å². The van der Waals surface area contributed by atoms with Crippen LogP contribution in [0.5, 0.6) is 5.75 Å². The number of fused-ring (bicyclic) bond motifs is 1. The fraction of sp³-hybridized carbons (Fsp3) is 0.240. The maximum atomic E-state index is 12.2. The van der Waals surface area contributed by atoms with Crippen LogP contribution in [0, 0.1) is 11.3 Å². The van der Waals surface area contributed by atoms with E-state index in [4.69, 9.17) is 5.26 Å². The van der Waals surface area contributed by atoms with E-state index in [0.29, 0.717) is 17.7 Å². The molecule has 0 bridgehead atoms. The Hall–Kier alpha value is -3.73. The second-order valence-electron chi connectivity index (χ2n) is 7.80. The lowest BCUT2D eigenvalue weighted by atomic mass is 10.0. The number of hydrogen-bond donors (Lipinski definition) is 2. The Morgan fingerprint density at radius 1 is 1.06 bits per heavy atom. The van der Waals surface area contributed by atoms with Crippen molar-refractivity contribution in [2.75, 3.05) is 33.7 Å². The molecule has 0 aliphatic heterocycles. The molecule has 0 fully saturated rings. The van der Waals surface area contributed by atoms with Gasteiger partial charge in [-0.3, -0.25) is 9.69 Å². The van der Waals surface area contributed by atoms with E-state index in [-0.39, 0.29) is 18.2 Å². The molecule has 2 N–H and O–H groups in total. The number of hydrazone groups is 1. The number of hydrogen-bond acceptors (Lipinski definition) is 6. The van der Waals surface area contributed by atoms with E-state index < -0.39 is 0 Å². The molecule has 0 heterocycles. The summed E-state index contributed by atoms with van der Waals surface area (Å²) in [4.78, 5) is 16.3. The number of nitriles is 1. The summed E-state index contributed by atoms with van der Waals surface area (Å²) in [6.45, 7) is 2.49. The first-order valence-electron chi connectivity index (χ1n) is 10.3. The highest BCUT2D eigenvalue weighted by Crippen LogP contribution is 2.25. The van der Waals surface area contributed by atoms with Gasteiger partial charge in [0.1, 0.15) is 5.75 Å². The van der Waals surface area contributed by atoms with Gasteiger partial charge < -0.3 is 10.0 Å². The van der Waals surface area contributed by atoms with Crippen molar-refractivity contribution >= 4 is 22.9 Å². The van der Waals surface area contributed by atoms with Gasteiger partial charge in [-0.25, -0.2) is 5.43 Å². The number of phenolic OH excluding ortho intramolecular Hbond substituents is 1. The van der Waals surface area contributed by atoms with E-state index in [2.05, 4.69) is 21.5 Å². The minimum Gasteiger partial charge on any atom is -0.507 e. The number of nitrogens with zero attached hydrogens (tertiary/aromatic N) is 4. The average Bonchev–Trinajstić information content (AvgIpc) is 2.79. The van der Waals surface area contributed by atoms with Crippen molar-refractivity contribution in [3.05, 3.63) is 77.4 Å². The number of benzene rings is 3. The van der Waals surface area contributed by atoms with Crippen molar-refractivity contribution in [1.29, 1.82) is 5.26 Å². The highest BCUT2D eigenvalue weighted by Gasteiger charge is 2.08. The Morgan fingerprint density at radius 3 is 2.53 bits per heavy atom. The summed E-state index contributed by atoms with van der Waals surface area (Å²) >= 11 is 0. The minimum atomic E-state index is -0.224. The zero-order valence-electron chi connectivity index (χ0n) is 18.3. The number of carbonyl (C=O) groups excluding carboxylic acids is 1. The van der Waals surface area contributed by atoms with Gasteiger partial charge in [0, 0.05) is 25.2 Å². The lowest BCUT2D eigenvalue weighted by Crippen LogP contribution is -2.37. The first-order chi connectivity index (χ1) is 15.5. The highest BCUT2D eigenvalue weighted by atomic mass is 16.3. The van der Waals surface area contributed by atoms with Crippen LogP contribution in [0.1, 0.15) is 16.7 Å². The minimum absolute atomic E-state index is 0.115. The topological polar surface area (TPSA) is 92.0 Å². The Morgan fingerprint density at radius 2 is 1.78 bits per heavy atom. The average molecular weight is 430 g/mol. The second kappa shape index (κ2) is 11.0. The van der Waals surface area contributed by atoms with Crippen LogP contribution in [0.3, 0.4) is 0 Å². The number of carbonyl (C=O) groups is 1. The molecule has 0 radical (unpaired) electrons. The van der Waals surface area contributed by atoms with Crippen LogP contribution in [-0.2, 0) is 11.3 Å². The van der Waals surface area contributed by atoms with Crippen molar-refractivity contribution in [1.82, 2.24) is 15.2 Å². The second-order valence-corrected chi connectivity index (χ2v) is 7.80. The number of phenols is 1. The highest BCUT2D eigenvalue weighted by molar-refractivity contribution is 6.02. The van der Waals surface area contributed by atoms with E-state index in [1.807, 2.05) is 73.6 Å². The van der Waals surface area contributed by atoms with Crippen LogP contribution in [0.2, 0.25) is 0 Å². The van der Waals surface area contributed by atoms with Gasteiger partial charge >= 0.3 is 0 Å². The SMILES string of the molecule is CN(CCN(C)Cc1ccc(C#N)cc1)CC(=O)NN=Cc1c(O)ccc2ccccc12. The molecule has 0 spiro atoms. The summed E-state index contributed by atoms with van der Waals surface area (Å²) in [5.41, 5.74) is 4.89. The standard InChI is InChI=1S/C25H27N5O2/c1-29(17-20-9-7-19(15-26)8-10-20)13-14-30(2)18-25(32)28-27-16-23-22-6-4-3-5-21(22)11-12-24(23)31/h3-12,16,31H,13-14,17-18H2,1-2H3,(H,28,32). The predicted molar refractivity (Wildman–Crippen MR) is 126 cm³/mol. The molecule has 0 aliphatic carbocycles. The van der Waals surface area contributed by atoms with Crippen molar-refractivity contribution in [2.24, 2.45) is 5.10 Å². The van der Waals surface area contributed by atoms with Crippen molar-refractivity contribution < 1.29 is 9.90 Å². The zero-order chi connectivity index (χ0) is 22.9. The van der Waals surface area contributed by atoms with E-state index in [1.165, 1.54) is 6.21 Å². The van der Waals surface area contributed by atoms with Gasteiger partial charge in [-0.05, 0) is 48.6 Å². The van der Waals surface area contributed by atoms with Gasteiger partial charge in [-0.1, -0.05) is 42.5 Å². The van der Waals surface area contributed by atoms with Crippen LogP contribution in [-0.4, -0.2) is 60.8 Å². The quantitative estimate of drug-likeness (QED) is 0.403. The van der Waals surface area contributed by atoms with E-state index in [1.54, 1.807) is 6.07 Å². The fourth-order valence-electron chi connectivity index (χ4n) is 3.36. The van der Waals surface area contributed by atoms with Crippen molar-refractivity contribution in [3.8, 4) is 11.8 Å². The number of rotatable bonds is 9. The number of amides is 1. The Balaban J connectivity index is 1.45. The molecular weight excluding hydrogens is 402 g/mol. The lowest BCUT2D eigenvalue weighted by Gasteiger charge is -2.21. The maximum absolute atomic E-state index is 12.2. The van der Waals surface area contributed by atoms with Gasteiger partial charge in [-0.2, -0.15) is 10.4 Å². The smallest absolute Gasteiger partial charge is 0.254 e. The Labute approximate surface area is 188 Å². The van der Waals surface area contributed by atoms with Crippen LogP contribution >= 0.6 is 0 Å². The Bertz CT molecular complexity index is 1140. The molecule has 0 unspecified atom stereocenters. The summed E-state index contributed by atoms with van der Waals surface area (Å²) in [6, 6.07) is 20.8. The number of aromatic hydroxyl groups is 1. The molecule has 0 atom stereocenters. The Kier molecular flexibility index (Phi) is 7.92. The molecule has 0 saturated carbocycles. The number of likely N-dealkylation sites (N-methyl/N-ethyl adjacent to an activating group) is 2. The van der Waals surface area contributed by atoms with Gasteiger partial charge in [0.2, 0.25) is 0 Å². The van der Waals surface area contributed by atoms with E-state index in [0.717, 1.165) is 29.4 Å². The molecule has 3 aromatic rings. The molecule has 0 aliphatic rings. The molecule has 7 nitrogen and oxygen atoms in total. The summed E-state index contributed by atoms with van der Waals surface area (Å²) in [5, 5.41) is 24.9. The first-order valence-corrected chi connectivity index (χ1v) is 10.3. The monoisotopic (exact) mass is 429 g/mol. The molecule has 164 valence electrons. The van der Waals surface area contributed by atoms with Crippen LogP contribution in [0.4, 0.5) is 0 Å². The summed E-state index contributed by atoms with van der Waals surface area (Å²) < 4.78 is 0. The molecule has 0 aromatic heterocycles. The molecule has 3 rings (SSSR count). The number of nitrogens with one attached hydrogen (secondary N) is 1. The third-order valence-corrected chi connectivity index (χ3v) is 5.14. The van der Waals surface area contributed by atoms with Crippen molar-refractivity contribution in [2.45, 2.75) is 6.54 Å². The zero-order valence-corrected chi connectivity index (χ0v) is 18.3. The molecule has 7 heteroatoms.